The number of nitro groups is 1. The van der Waals surface area contributed by atoms with Crippen LogP contribution in [0, 0.1) is 10.1 Å². The summed E-state index contributed by atoms with van der Waals surface area (Å²) in [5, 5.41) is 13.5. The molecule has 0 atom stereocenters. The summed E-state index contributed by atoms with van der Waals surface area (Å²) in [7, 11) is 5.57. The average molecular weight is 366 g/mol. The van der Waals surface area contributed by atoms with E-state index in [1.807, 2.05) is 17.5 Å². The molecule has 0 saturated carbocycles. The quantitative estimate of drug-likeness (QED) is 0.553. The predicted octanol–water partition coefficient (Wildman–Crippen LogP) is 2.95. The highest BCUT2D eigenvalue weighted by atomic mass is 32.1. The van der Waals surface area contributed by atoms with E-state index in [0.717, 1.165) is 4.88 Å². The summed E-state index contributed by atoms with van der Waals surface area (Å²) >= 11 is 1.50. The van der Waals surface area contributed by atoms with Gasteiger partial charge in [-0.3, -0.25) is 14.9 Å². The molecule has 0 fully saturated rings. The number of methoxy groups -OCH3 is 3. The smallest absolute Gasteiger partial charge is 0.327 e. The van der Waals surface area contributed by atoms with Crippen LogP contribution in [0.15, 0.2) is 23.6 Å². The van der Waals surface area contributed by atoms with Gasteiger partial charge in [-0.25, -0.2) is 0 Å². The molecule has 0 radical (unpaired) electrons. The minimum absolute atomic E-state index is 0.0640. The van der Waals surface area contributed by atoms with Crippen molar-refractivity contribution in [3.05, 3.63) is 44.1 Å². The second-order valence-electron chi connectivity index (χ2n) is 5.04. The van der Waals surface area contributed by atoms with E-state index in [9.17, 15) is 14.9 Å². The third-order valence-electron chi connectivity index (χ3n) is 3.54. The van der Waals surface area contributed by atoms with Crippen LogP contribution in [0.1, 0.15) is 15.2 Å². The molecule has 1 aromatic carbocycles. The standard InChI is InChI=1S/C16H18N2O6S/c1-17(9-10-6-5-7-25-10)16(19)11-8-12(22-2)14(23-3)15(24-4)13(11)18(20)21/h5-8H,9H2,1-4H3. The van der Waals surface area contributed by atoms with Crippen LogP contribution in [0.5, 0.6) is 17.2 Å². The average Bonchev–Trinajstić information content (AvgIpc) is 3.11. The zero-order chi connectivity index (χ0) is 18.6. The number of nitrogens with zero attached hydrogens (tertiary/aromatic N) is 2. The molecule has 0 saturated heterocycles. The highest BCUT2D eigenvalue weighted by Gasteiger charge is 2.33. The Morgan fingerprint density at radius 2 is 1.92 bits per heavy atom. The van der Waals surface area contributed by atoms with Crippen LogP contribution in [-0.4, -0.2) is 44.1 Å². The molecule has 9 heteroatoms. The van der Waals surface area contributed by atoms with Gasteiger partial charge in [0.1, 0.15) is 5.56 Å². The second-order valence-corrected chi connectivity index (χ2v) is 6.07. The maximum atomic E-state index is 12.8. The molecule has 0 aliphatic carbocycles. The lowest BCUT2D eigenvalue weighted by Crippen LogP contribution is -2.26. The Balaban J connectivity index is 2.54. The molecule has 25 heavy (non-hydrogen) atoms. The fraction of sp³-hybridized carbons (Fsp3) is 0.312. The molecule has 1 aromatic heterocycles. The number of hydrogen-bond acceptors (Lipinski definition) is 7. The Morgan fingerprint density at radius 3 is 2.40 bits per heavy atom. The van der Waals surface area contributed by atoms with Crippen LogP contribution in [-0.2, 0) is 6.54 Å². The minimum atomic E-state index is -0.660. The number of thiophene rings is 1. The number of nitro benzene ring substituents is 1. The van der Waals surface area contributed by atoms with Gasteiger partial charge in [0.05, 0.1) is 32.8 Å². The Hall–Kier alpha value is -2.81. The predicted molar refractivity (Wildman–Crippen MR) is 92.9 cm³/mol. The van der Waals surface area contributed by atoms with Crippen LogP contribution >= 0.6 is 11.3 Å². The lowest BCUT2D eigenvalue weighted by molar-refractivity contribution is -0.386. The van der Waals surface area contributed by atoms with Crippen LogP contribution < -0.4 is 14.2 Å². The number of hydrogen-bond donors (Lipinski definition) is 0. The molecule has 1 amide bonds. The molecular weight excluding hydrogens is 348 g/mol. The molecule has 0 spiro atoms. The van der Waals surface area contributed by atoms with E-state index >= 15 is 0 Å². The highest BCUT2D eigenvalue weighted by Crippen LogP contribution is 2.46. The molecule has 2 rings (SSSR count). The fourth-order valence-electron chi connectivity index (χ4n) is 2.40. The van der Waals surface area contributed by atoms with Crippen molar-refractivity contribution in [2.75, 3.05) is 28.4 Å². The monoisotopic (exact) mass is 366 g/mol. The first-order valence-corrected chi connectivity index (χ1v) is 8.07. The molecule has 0 unspecified atom stereocenters. The minimum Gasteiger partial charge on any atom is -0.493 e. The molecule has 134 valence electrons. The Bertz CT molecular complexity index is 775. The first-order chi connectivity index (χ1) is 11.9. The largest absolute Gasteiger partial charge is 0.493 e. The van der Waals surface area contributed by atoms with Gasteiger partial charge in [-0.15, -0.1) is 11.3 Å². The van der Waals surface area contributed by atoms with E-state index in [2.05, 4.69) is 0 Å². The number of ether oxygens (including phenoxy) is 3. The van der Waals surface area contributed by atoms with Crippen molar-refractivity contribution in [2.24, 2.45) is 0 Å². The Kier molecular flexibility index (Phi) is 5.81. The number of rotatable bonds is 7. The van der Waals surface area contributed by atoms with Gasteiger partial charge < -0.3 is 19.1 Å². The molecule has 0 aliphatic heterocycles. The van der Waals surface area contributed by atoms with Gasteiger partial charge in [-0.2, -0.15) is 0 Å². The van der Waals surface area contributed by atoms with E-state index in [4.69, 9.17) is 14.2 Å². The van der Waals surface area contributed by atoms with Crippen molar-refractivity contribution >= 4 is 22.9 Å². The molecule has 0 N–H and O–H groups in total. The molecule has 1 heterocycles. The Labute approximate surface area is 148 Å². The molecule has 0 aliphatic rings. The number of carbonyl (C=O) groups is 1. The maximum Gasteiger partial charge on any atom is 0.327 e. The van der Waals surface area contributed by atoms with E-state index in [0.29, 0.717) is 6.54 Å². The Morgan fingerprint density at radius 1 is 1.24 bits per heavy atom. The van der Waals surface area contributed by atoms with Crippen molar-refractivity contribution in [3.8, 4) is 17.2 Å². The van der Waals surface area contributed by atoms with Crippen molar-refractivity contribution in [3.63, 3.8) is 0 Å². The summed E-state index contributed by atoms with van der Waals surface area (Å²) in [4.78, 5) is 26.1. The fourth-order valence-corrected chi connectivity index (χ4v) is 3.16. The van der Waals surface area contributed by atoms with Crippen molar-refractivity contribution < 1.29 is 23.9 Å². The van der Waals surface area contributed by atoms with Crippen molar-refractivity contribution in [2.45, 2.75) is 6.54 Å². The second kappa shape index (κ2) is 7.84. The van der Waals surface area contributed by atoms with Crippen molar-refractivity contribution in [1.29, 1.82) is 0 Å². The zero-order valence-corrected chi connectivity index (χ0v) is 15.1. The normalized spacial score (nSPS) is 10.2. The molecule has 8 nitrogen and oxygen atoms in total. The highest BCUT2D eigenvalue weighted by molar-refractivity contribution is 7.09. The number of amides is 1. The summed E-state index contributed by atoms with van der Waals surface area (Å²) in [5.41, 5.74) is -0.582. The number of carbonyl (C=O) groups excluding carboxylic acids is 1. The molecule has 0 bridgehead atoms. The summed E-state index contributed by atoms with van der Waals surface area (Å²) in [6.45, 7) is 0.338. The van der Waals surface area contributed by atoms with Gasteiger partial charge in [-0.1, -0.05) is 6.07 Å². The molecular formula is C16H18N2O6S. The lowest BCUT2D eigenvalue weighted by Gasteiger charge is -2.19. The SMILES string of the molecule is COc1cc(C(=O)N(C)Cc2cccs2)c([N+](=O)[O-])c(OC)c1OC. The van der Waals surface area contributed by atoms with Crippen LogP contribution in [0.25, 0.3) is 0 Å². The topological polar surface area (TPSA) is 91.1 Å². The van der Waals surface area contributed by atoms with E-state index in [1.54, 1.807) is 7.05 Å². The van der Waals surface area contributed by atoms with Gasteiger partial charge >= 0.3 is 5.69 Å². The molecule has 2 aromatic rings. The van der Waals surface area contributed by atoms with Gasteiger partial charge in [-0.05, 0) is 11.4 Å². The summed E-state index contributed by atoms with van der Waals surface area (Å²) in [5.74, 6) is -0.425. The zero-order valence-electron chi connectivity index (χ0n) is 14.3. The van der Waals surface area contributed by atoms with Crippen LogP contribution in [0.2, 0.25) is 0 Å². The van der Waals surface area contributed by atoms with Crippen LogP contribution in [0.3, 0.4) is 0 Å². The first-order valence-electron chi connectivity index (χ1n) is 7.19. The van der Waals surface area contributed by atoms with Gasteiger partial charge in [0.25, 0.3) is 5.91 Å². The third kappa shape index (κ3) is 3.66. The third-order valence-corrected chi connectivity index (χ3v) is 4.40. The van der Waals surface area contributed by atoms with Gasteiger partial charge in [0, 0.05) is 18.0 Å². The number of benzene rings is 1. The summed E-state index contributed by atoms with van der Waals surface area (Å²) < 4.78 is 15.5. The van der Waals surface area contributed by atoms with Gasteiger partial charge in [0.15, 0.2) is 5.75 Å². The lowest BCUT2D eigenvalue weighted by atomic mass is 10.1. The van der Waals surface area contributed by atoms with Crippen molar-refractivity contribution in [1.82, 2.24) is 4.90 Å². The van der Waals surface area contributed by atoms with E-state index in [-0.39, 0.29) is 22.8 Å². The first kappa shape index (κ1) is 18.5. The van der Waals surface area contributed by atoms with Crippen LogP contribution in [0.4, 0.5) is 5.69 Å². The van der Waals surface area contributed by atoms with Gasteiger partial charge in [0.2, 0.25) is 11.5 Å². The van der Waals surface area contributed by atoms with E-state index in [1.165, 1.54) is 43.6 Å². The maximum absolute atomic E-state index is 12.8. The van der Waals surface area contributed by atoms with E-state index < -0.39 is 16.5 Å². The summed E-state index contributed by atoms with van der Waals surface area (Å²) in [6, 6.07) is 5.06. The summed E-state index contributed by atoms with van der Waals surface area (Å²) in [6.07, 6.45) is 0.